The van der Waals surface area contributed by atoms with Crippen molar-refractivity contribution < 1.29 is 13.2 Å². The molecule has 3 N–H and O–H groups in total. The minimum absolute atomic E-state index is 0.0141. The summed E-state index contributed by atoms with van der Waals surface area (Å²) < 4.78 is 38.7. The van der Waals surface area contributed by atoms with E-state index in [1.165, 1.54) is 6.07 Å². The molecule has 0 spiro atoms. The molecule has 0 saturated heterocycles. The fourth-order valence-electron chi connectivity index (χ4n) is 1.33. The van der Waals surface area contributed by atoms with Crippen molar-refractivity contribution in [3.8, 4) is 0 Å². The maximum absolute atomic E-state index is 12.8. The van der Waals surface area contributed by atoms with Crippen molar-refractivity contribution in [2.24, 2.45) is 5.73 Å². The van der Waals surface area contributed by atoms with Crippen molar-refractivity contribution in [3.05, 3.63) is 33.8 Å². The number of rotatable bonds is 4. The smallest absolute Gasteiger partial charge is 0.329 e. The van der Waals surface area contributed by atoms with Crippen LogP contribution in [0.5, 0.6) is 0 Å². The van der Waals surface area contributed by atoms with Gasteiger partial charge < -0.3 is 11.1 Å². The Labute approximate surface area is 107 Å². The number of benzene rings is 1. The van der Waals surface area contributed by atoms with Crippen LogP contribution in [0.1, 0.15) is 18.1 Å². The minimum Gasteiger partial charge on any atom is -0.329 e. The number of nitrogens with two attached hydrogens (primary N) is 1. The SMILES string of the molecule is C[C@@H](CN)NCc1ccc(Br)cc1C(F)(F)F. The molecule has 1 atom stereocenters. The van der Waals surface area contributed by atoms with E-state index in [0.29, 0.717) is 11.0 Å². The van der Waals surface area contributed by atoms with E-state index in [1.807, 2.05) is 6.92 Å². The molecule has 1 aromatic carbocycles. The van der Waals surface area contributed by atoms with Crippen molar-refractivity contribution in [2.75, 3.05) is 6.54 Å². The maximum atomic E-state index is 12.8. The third kappa shape index (κ3) is 4.29. The molecule has 0 aliphatic heterocycles. The van der Waals surface area contributed by atoms with Crippen molar-refractivity contribution in [1.82, 2.24) is 5.32 Å². The van der Waals surface area contributed by atoms with Gasteiger partial charge in [0.15, 0.2) is 0 Å². The Morgan fingerprint density at radius 3 is 2.59 bits per heavy atom. The summed E-state index contributed by atoms with van der Waals surface area (Å²) in [4.78, 5) is 0. The van der Waals surface area contributed by atoms with Gasteiger partial charge in [0.05, 0.1) is 5.56 Å². The van der Waals surface area contributed by atoms with Crippen LogP contribution in [-0.4, -0.2) is 12.6 Å². The quantitative estimate of drug-likeness (QED) is 0.897. The lowest BCUT2D eigenvalue weighted by Gasteiger charge is -2.16. The van der Waals surface area contributed by atoms with Gasteiger partial charge in [-0.25, -0.2) is 0 Å². The topological polar surface area (TPSA) is 38.0 Å². The number of hydrogen-bond donors (Lipinski definition) is 2. The first kappa shape index (κ1) is 14.5. The summed E-state index contributed by atoms with van der Waals surface area (Å²) in [6.07, 6.45) is -4.34. The summed E-state index contributed by atoms with van der Waals surface area (Å²) in [6.45, 7) is 2.37. The van der Waals surface area contributed by atoms with E-state index in [9.17, 15) is 13.2 Å². The molecule has 0 aliphatic carbocycles. The highest BCUT2D eigenvalue weighted by atomic mass is 79.9. The van der Waals surface area contributed by atoms with Gasteiger partial charge >= 0.3 is 6.18 Å². The van der Waals surface area contributed by atoms with Crippen LogP contribution in [0.4, 0.5) is 13.2 Å². The van der Waals surface area contributed by atoms with Crippen LogP contribution in [0.3, 0.4) is 0 Å². The summed E-state index contributed by atoms with van der Waals surface area (Å²) in [6, 6.07) is 4.13. The van der Waals surface area contributed by atoms with Gasteiger partial charge in [-0.3, -0.25) is 0 Å². The Kier molecular flexibility index (Phi) is 4.97. The van der Waals surface area contributed by atoms with E-state index in [-0.39, 0.29) is 18.2 Å². The van der Waals surface area contributed by atoms with Crippen LogP contribution < -0.4 is 11.1 Å². The molecule has 6 heteroatoms. The summed E-state index contributed by atoms with van der Waals surface area (Å²) in [5.41, 5.74) is 4.99. The first-order valence-electron chi connectivity index (χ1n) is 5.13. The second kappa shape index (κ2) is 5.84. The third-order valence-electron chi connectivity index (χ3n) is 2.37. The second-order valence-corrected chi connectivity index (χ2v) is 4.73. The molecule has 0 saturated carbocycles. The summed E-state index contributed by atoms with van der Waals surface area (Å²) in [5, 5.41) is 2.94. The highest BCUT2D eigenvalue weighted by Gasteiger charge is 2.33. The predicted molar refractivity (Wildman–Crippen MR) is 64.5 cm³/mol. The number of alkyl halides is 3. The number of halogens is 4. The standard InChI is InChI=1S/C11H14BrF3N2/c1-7(5-16)17-6-8-2-3-9(12)4-10(8)11(13,14)15/h2-4,7,17H,5-6,16H2,1H3/t7-/m0/s1. The molecular formula is C11H14BrF3N2. The van der Waals surface area contributed by atoms with Gasteiger partial charge in [0.1, 0.15) is 0 Å². The average Bonchev–Trinajstić information content (AvgIpc) is 2.25. The van der Waals surface area contributed by atoms with Crippen LogP contribution in [0.15, 0.2) is 22.7 Å². The fourth-order valence-corrected chi connectivity index (χ4v) is 1.70. The van der Waals surface area contributed by atoms with E-state index in [2.05, 4.69) is 21.2 Å². The zero-order valence-corrected chi connectivity index (χ0v) is 10.9. The lowest BCUT2D eigenvalue weighted by atomic mass is 10.1. The zero-order valence-electron chi connectivity index (χ0n) is 9.31. The van der Waals surface area contributed by atoms with Crippen molar-refractivity contribution in [1.29, 1.82) is 0 Å². The first-order valence-corrected chi connectivity index (χ1v) is 5.93. The Hall–Kier alpha value is -0.590. The molecular weight excluding hydrogens is 297 g/mol. The zero-order chi connectivity index (χ0) is 13.1. The van der Waals surface area contributed by atoms with Gasteiger partial charge in [-0.1, -0.05) is 22.0 Å². The van der Waals surface area contributed by atoms with Crippen LogP contribution in [0.25, 0.3) is 0 Å². The van der Waals surface area contributed by atoms with Gasteiger partial charge in [-0.2, -0.15) is 13.2 Å². The molecule has 17 heavy (non-hydrogen) atoms. The van der Waals surface area contributed by atoms with Gasteiger partial charge in [0, 0.05) is 23.6 Å². The monoisotopic (exact) mass is 310 g/mol. The van der Waals surface area contributed by atoms with Crippen LogP contribution in [0, 0.1) is 0 Å². The Bertz CT molecular complexity index is 379. The van der Waals surface area contributed by atoms with E-state index >= 15 is 0 Å². The molecule has 0 bridgehead atoms. The second-order valence-electron chi connectivity index (χ2n) is 3.82. The van der Waals surface area contributed by atoms with E-state index in [4.69, 9.17) is 5.73 Å². The van der Waals surface area contributed by atoms with Gasteiger partial charge in [0.2, 0.25) is 0 Å². The number of hydrogen-bond acceptors (Lipinski definition) is 2. The van der Waals surface area contributed by atoms with Crippen LogP contribution >= 0.6 is 15.9 Å². The molecule has 1 aromatic rings. The van der Waals surface area contributed by atoms with E-state index in [1.54, 1.807) is 6.07 Å². The lowest BCUT2D eigenvalue weighted by Crippen LogP contribution is -2.33. The molecule has 0 heterocycles. The largest absolute Gasteiger partial charge is 0.416 e. The van der Waals surface area contributed by atoms with Crippen LogP contribution in [0.2, 0.25) is 0 Å². The first-order chi connectivity index (χ1) is 7.84. The van der Waals surface area contributed by atoms with Gasteiger partial charge in [-0.05, 0) is 24.6 Å². The highest BCUT2D eigenvalue weighted by molar-refractivity contribution is 9.10. The Morgan fingerprint density at radius 2 is 2.06 bits per heavy atom. The molecule has 96 valence electrons. The molecule has 0 fully saturated rings. The Morgan fingerprint density at radius 1 is 1.41 bits per heavy atom. The molecule has 0 radical (unpaired) electrons. The number of nitrogens with one attached hydrogen (secondary N) is 1. The predicted octanol–water partition coefficient (Wildman–Crippen LogP) is 2.90. The summed E-state index contributed by atoms with van der Waals surface area (Å²) >= 11 is 3.04. The van der Waals surface area contributed by atoms with Crippen molar-refractivity contribution in [2.45, 2.75) is 25.7 Å². The molecule has 1 rings (SSSR count). The Balaban J connectivity index is 2.91. The molecule has 0 aliphatic rings. The average molecular weight is 311 g/mol. The van der Waals surface area contributed by atoms with Gasteiger partial charge in [-0.15, -0.1) is 0 Å². The normalized spacial score (nSPS) is 13.8. The molecule has 0 unspecified atom stereocenters. The highest BCUT2D eigenvalue weighted by Crippen LogP contribution is 2.33. The van der Waals surface area contributed by atoms with Crippen molar-refractivity contribution in [3.63, 3.8) is 0 Å². The molecule has 2 nitrogen and oxygen atoms in total. The summed E-state index contributed by atoms with van der Waals surface area (Å²) in [7, 11) is 0. The third-order valence-corrected chi connectivity index (χ3v) is 2.87. The van der Waals surface area contributed by atoms with E-state index < -0.39 is 11.7 Å². The van der Waals surface area contributed by atoms with E-state index in [0.717, 1.165) is 6.07 Å². The minimum atomic E-state index is -4.34. The lowest BCUT2D eigenvalue weighted by molar-refractivity contribution is -0.138. The summed E-state index contributed by atoms with van der Waals surface area (Å²) in [5.74, 6) is 0. The molecule has 0 aromatic heterocycles. The van der Waals surface area contributed by atoms with Crippen LogP contribution in [-0.2, 0) is 12.7 Å². The van der Waals surface area contributed by atoms with Gasteiger partial charge in [0.25, 0.3) is 0 Å². The fraction of sp³-hybridized carbons (Fsp3) is 0.455. The van der Waals surface area contributed by atoms with Crippen molar-refractivity contribution >= 4 is 15.9 Å². The maximum Gasteiger partial charge on any atom is 0.416 e. The molecule has 0 amide bonds.